The lowest BCUT2D eigenvalue weighted by atomic mass is 10.2. The van der Waals surface area contributed by atoms with Crippen molar-refractivity contribution in [3.05, 3.63) is 53.1 Å². The molecule has 1 amide bonds. The number of amides is 1. The molecule has 0 bridgehead atoms. The van der Waals surface area contributed by atoms with Gasteiger partial charge < -0.3 is 14.8 Å². The Morgan fingerprint density at radius 1 is 1.22 bits per heavy atom. The van der Waals surface area contributed by atoms with Crippen LogP contribution < -0.4 is 14.8 Å². The Morgan fingerprint density at radius 3 is 2.67 bits per heavy atom. The van der Waals surface area contributed by atoms with E-state index >= 15 is 0 Å². The minimum absolute atomic E-state index is 0.0167. The fourth-order valence-corrected chi connectivity index (χ4v) is 2.68. The summed E-state index contributed by atoms with van der Waals surface area (Å²) in [4.78, 5) is 13.9. The first-order valence-corrected chi connectivity index (χ1v) is 8.69. The summed E-state index contributed by atoms with van der Waals surface area (Å²) >= 11 is 5.90. The van der Waals surface area contributed by atoms with Crippen molar-refractivity contribution >= 4 is 23.2 Å². The second-order valence-corrected chi connectivity index (χ2v) is 6.26. The maximum absolute atomic E-state index is 12.5. The Bertz CT molecular complexity index is 774. The van der Waals surface area contributed by atoms with Gasteiger partial charge in [-0.2, -0.15) is 8.78 Å². The molecule has 0 aliphatic heterocycles. The van der Waals surface area contributed by atoms with Crippen molar-refractivity contribution in [1.29, 1.82) is 0 Å². The van der Waals surface area contributed by atoms with Crippen LogP contribution in [-0.4, -0.2) is 37.6 Å². The highest BCUT2D eigenvalue weighted by molar-refractivity contribution is 6.30. The zero-order chi connectivity index (χ0) is 19.8. The molecule has 0 atom stereocenters. The van der Waals surface area contributed by atoms with Crippen LogP contribution in [-0.2, 0) is 11.3 Å². The smallest absolute Gasteiger partial charge is 0.387 e. The molecule has 0 saturated heterocycles. The van der Waals surface area contributed by atoms with Gasteiger partial charge in [-0.3, -0.25) is 9.69 Å². The third kappa shape index (κ3) is 7.03. The number of rotatable bonds is 9. The van der Waals surface area contributed by atoms with Gasteiger partial charge in [0.15, 0.2) is 11.5 Å². The predicted molar refractivity (Wildman–Crippen MR) is 101 cm³/mol. The lowest BCUT2D eigenvalue weighted by molar-refractivity contribution is -0.117. The highest BCUT2D eigenvalue weighted by atomic mass is 35.5. The zero-order valence-electron chi connectivity index (χ0n) is 15.0. The third-order valence-corrected chi connectivity index (χ3v) is 3.73. The summed E-state index contributed by atoms with van der Waals surface area (Å²) in [7, 11) is 1.78. The van der Waals surface area contributed by atoms with Crippen LogP contribution in [0.4, 0.5) is 14.5 Å². The number of anilines is 1. The van der Waals surface area contributed by atoms with Gasteiger partial charge in [-0.05, 0) is 49.9 Å². The molecule has 2 rings (SSSR count). The van der Waals surface area contributed by atoms with Crippen LogP contribution >= 0.6 is 11.6 Å². The summed E-state index contributed by atoms with van der Waals surface area (Å²) in [6.45, 7) is -0.275. The monoisotopic (exact) mass is 398 g/mol. The van der Waals surface area contributed by atoms with Crippen LogP contribution in [0.15, 0.2) is 42.5 Å². The second kappa shape index (κ2) is 10.1. The Kier molecular flexibility index (Phi) is 7.82. The van der Waals surface area contributed by atoms with E-state index in [9.17, 15) is 13.6 Å². The van der Waals surface area contributed by atoms with Crippen LogP contribution in [0.2, 0.25) is 5.02 Å². The molecule has 0 unspecified atom stereocenters. The summed E-state index contributed by atoms with van der Waals surface area (Å²) in [5.74, 6) is 0.0338. The van der Waals surface area contributed by atoms with E-state index in [-0.39, 0.29) is 24.0 Å². The number of hydrogen-bond acceptors (Lipinski definition) is 4. The molecular formula is C19H21ClF2N2O3. The fourth-order valence-electron chi connectivity index (χ4n) is 2.49. The van der Waals surface area contributed by atoms with Gasteiger partial charge in [0.2, 0.25) is 5.91 Å². The fraction of sp³-hybridized carbons (Fsp3) is 0.316. The Hall–Kier alpha value is -2.38. The molecule has 8 heteroatoms. The van der Waals surface area contributed by atoms with Gasteiger partial charge in [0.25, 0.3) is 0 Å². The normalized spacial score (nSPS) is 10.9. The average Bonchev–Trinajstić information content (AvgIpc) is 2.56. The van der Waals surface area contributed by atoms with Crippen molar-refractivity contribution in [2.24, 2.45) is 0 Å². The molecule has 0 spiro atoms. The van der Waals surface area contributed by atoms with E-state index in [1.54, 1.807) is 55.3 Å². The molecule has 1 N–H and O–H groups in total. The van der Waals surface area contributed by atoms with Gasteiger partial charge in [0.1, 0.15) is 0 Å². The summed E-state index contributed by atoms with van der Waals surface area (Å²) in [5, 5.41) is 3.31. The van der Waals surface area contributed by atoms with E-state index in [4.69, 9.17) is 16.3 Å². The summed E-state index contributed by atoms with van der Waals surface area (Å²) in [6.07, 6.45) is 0. The lowest BCUT2D eigenvalue weighted by Crippen LogP contribution is -2.29. The van der Waals surface area contributed by atoms with Crippen molar-refractivity contribution in [1.82, 2.24) is 4.90 Å². The van der Waals surface area contributed by atoms with E-state index < -0.39 is 6.61 Å². The molecule has 27 heavy (non-hydrogen) atoms. The molecule has 5 nitrogen and oxygen atoms in total. The van der Waals surface area contributed by atoms with Crippen LogP contribution in [0.1, 0.15) is 12.5 Å². The zero-order valence-corrected chi connectivity index (χ0v) is 15.8. The quantitative estimate of drug-likeness (QED) is 0.679. The van der Waals surface area contributed by atoms with E-state index in [0.717, 1.165) is 5.56 Å². The highest BCUT2D eigenvalue weighted by Gasteiger charge is 2.13. The molecule has 0 aliphatic carbocycles. The van der Waals surface area contributed by atoms with Crippen molar-refractivity contribution in [3.63, 3.8) is 0 Å². The minimum Gasteiger partial charge on any atom is -0.490 e. The number of likely N-dealkylation sites (N-methyl/N-ethyl adjacent to an activating group) is 1. The van der Waals surface area contributed by atoms with Crippen molar-refractivity contribution in [3.8, 4) is 11.5 Å². The van der Waals surface area contributed by atoms with Gasteiger partial charge in [0, 0.05) is 17.3 Å². The maximum atomic E-state index is 12.5. The number of hydrogen-bond donors (Lipinski definition) is 1. The first-order valence-electron chi connectivity index (χ1n) is 8.32. The molecule has 0 saturated carbocycles. The number of alkyl halides is 2. The average molecular weight is 399 g/mol. The number of carbonyl (C=O) groups is 1. The number of nitrogens with zero attached hydrogens (tertiary/aromatic N) is 1. The molecular weight excluding hydrogens is 378 g/mol. The van der Waals surface area contributed by atoms with Gasteiger partial charge >= 0.3 is 6.61 Å². The van der Waals surface area contributed by atoms with E-state index in [1.807, 2.05) is 0 Å². The predicted octanol–water partition coefficient (Wildman–Crippen LogP) is 4.41. The van der Waals surface area contributed by atoms with Crippen LogP contribution in [0.5, 0.6) is 11.5 Å². The second-order valence-electron chi connectivity index (χ2n) is 5.82. The summed E-state index contributed by atoms with van der Waals surface area (Å²) in [6, 6.07) is 11.6. The summed E-state index contributed by atoms with van der Waals surface area (Å²) in [5.41, 5.74) is 1.42. The van der Waals surface area contributed by atoms with Gasteiger partial charge in [-0.15, -0.1) is 0 Å². The number of ether oxygens (including phenoxy) is 2. The van der Waals surface area contributed by atoms with Crippen LogP contribution in [0.3, 0.4) is 0 Å². The summed E-state index contributed by atoms with van der Waals surface area (Å²) < 4.78 is 34.7. The topological polar surface area (TPSA) is 50.8 Å². The Labute approximate surface area is 161 Å². The van der Waals surface area contributed by atoms with Crippen molar-refractivity contribution in [2.45, 2.75) is 20.1 Å². The van der Waals surface area contributed by atoms with Crippen LogP contribution in [0, 0.1) is 0 Å². The maximum Gasteiger partial charge on any atom is 0.387 e. The SMILES string of the molecule is CCOc1cc(CN(C)CC(=O)Nc2cccc(Cl)c2)ccc1OC(F)F. The molecule has 2 aromatic carbocycles. The number of halogens is 3. The molecule has 0 heterocycles. The number of benzene rings is 2. The largest absolute Gasteiger partial charge is 0.490 e. The lowest BCUT2D eigenvalue weighted by Gasteiger charge is -2.18. The number of nitrogens with one attached hydrogen (secondary N) is 1. The van der Waals surface area contributed by atoms with Crippen molar-refractivity contribution in [2.75, 3.05) is 25.5 Å². The van der Waals surface area contributed by atoms with Gasteiger partial charge in [-0.1, -0.05) is 23.7 Å². The van der Waals surface area contributed by atoms with E-state index in [0.29, 0.717) is 23.9 Å². The first-order chi connectivity index (χ1) is 12.9. The van der Waals surface area contributed by atoms with Crippen molar-refractivity contribution < 1.29 is 23.0 Å². The van der Waals surface area contributed by atoms with Gasteiger partial charge in [-0.25, -0.2) is 0 Å². The Balaban J connectivity index is 1.96. The first kappa shape index (κ1) is 20.9. The Morgan fingerprint density at radius 2 is 2.00 bits per heavy atom. The molecule has 0 fully saturated rings. The van der Waals surface area contributed by atoms with Crippen LogP contribution in [0.25, 0.3) is 0 Å². The van der Waals surface area contributed by atoms with Gasteiger partial charge in [0.05, 0.1) is 13.2 Å². The molecule has 146 valence electrons. The van der Waals surface area contributed by atoms with E-state index in [1.165, 1.54) is 6.07 Å². The highest BCUT2D eigenvalue weighted by Crippen LogP contribution is 2.30. The van der Waals surface area contributed by atoms with E-state index in [2.05, 4.69) is 10.1 Å². The number of carbonyl (C=O) groups excluding carboxylic acids is 1. The molecule has 2 aromatic rings. The standard InChI is InChI=1S/C19H21ClF2N2O3/c1-3-26-17-9-13(7-8-16(17)27-19(21)22)11-24(2)12-18(25)23-15-6-4-5-14(20)10-15/h4-10,19H,3,11-12H2,1-2H3,(H,23,25). The minimum atomic E-state index is -2.92. The molecule has 0 radical (unpaired) electrons. The third-order valence-electron chi connectivity index (χ3n) is 3.50. The molecule has 0 aliphatic rings. The molecule has 0 aromatic heterocycles.